The van der Waals surface area contributed by atoms with Crippen molar-refractivity contribution < 1.29 is 19.3 Å². The van der Waals surface area contributed by atoms with Gasteiger partial charge in [-0.2, -0.15) is 4.98 Å². The number of aliphatic hydroxyl groups excluding tert-OH is 1. The van der Waals surface area contributed by atoms with Crippen molar-refractivity contribution in [3.63, 3.8) is 0 Å². The Labute approximate surface area is 331 Å². The van der Waals surface area contributed by atoms with Crippen LogP contribution < -0.4 is 5.73 Å². The van der Waals surface area contributed by atoms with E-state index in [0.29, 0.717) is 11.2 Å². The fraction of sp³-hybridized carbons (Fsp3) is 0.146. The standard InChI is InChI=1S/C48H41N5O4/c49-46-50-31-40-44(52-46)53(33-51-40)45-42(54)43(57-48(37-25-13-4-14-26-37,38-27-15-5-16-28-38)39-29-17-6-18-30-39)41(56-45)32-55-47(34-19-7-1-8-20-34,35-21-9-2-10-22-35)36-23-11-3-12-24-36/h1-31,33,41-43,45,54H,32H2,(H2,49,50,52)/t41-,42-,43-,45-/m1/s1. The van der Waals surface area contributed by atoms with Gasteiger partial charge in [0.15, 0.2) is 11.9 Å². The largest absolute Gasteiger partial charge is 0.386 e. The highest BCUT2D eigenvalue weighted by Crippen LogP contribution is 2.47. The first kappa shape index (κ1) is 36.2. The van der Waals surface area contributed by atoms with E-state index in [1.165, 1.54) is 0 Å². The molecule has 1 fully saturated rings. The van der Waals surface area contributed by atoms with Gasteiger partial charge in [-0.1, -0.05) is 182 Å². The second-order valence-corrected chi connectivity index (χ2v) is 14.1. The first-order chi connectivity index (χ1) is 28.1. The van der Waals surface area contributed by atoms with E-state index in [0.717, 1.165) is 33.4 Å². The SMILES string of the molecule is Nc1ncc2ncn([C@@H]3O[C@H](COC(c4ccccc4)(c4ccccc4)c4ccccc4)[C@@H](OC(c4ccccc4)(c4ccccc4)c4ccccc4)[C@H]3O)c2n1. The van der Waals surface area contributed by atoms with Crippen molar-refractivity contribution in [1.29, 1.82) is 0 Å². The molecule has 9 heteroatoms. The molecule has 3 heterocycles. The molecule has 1 aliphatic rings. The number of nitrogens with two attached hydrogens (primary N) is 1. The Morgan fingerprint density at radius 2 is 0.982 bits per heavy atom. The van der Waals surface area contributed by atoms with E-state index < -0.39 is 35.7 Å². The molecule has 0 bridgehead atoms. The minimum Gasteiger partial charge on any atom is -0.386 e. The zero-order valence-corrected chi connectivity index (χ0v) is 31.0. The maximum absolute atomic E-state index is 12.7. The summed E-state index contributed by atoms with van der Waals surface area (Å²) in [6.45, 7) is 0.0229. The van der Waals surface area contributed by atoms with E-state index in [4.69, 9.17) is 19.9 Å². The highest BCUT2D eigenvalue weighted by Gasteiger charge is 2.52. The fourth-order valence-electron chi connectivity index (χ4n) is 8.16. The van der Waals surface area contributed by atoms with Gasteiger partial charge in [0.05, 0.1) is 19.1 Å². The molecule has 0 radical (unpaired) electrons. The van der Waals surface area contributed by atoms with E-state index in [9.17, 15) is 5.11 Å². The average Bonchev–Trinajstić information content (AvgIpc) is 3.83. The van der Waals surface area contributed by atoms with Gasteiger partial charge < -0.3 is 25.1 Å². The first-order valence-corrected chi connectivity index (χ1v) is 19.0. The number of anilines is 1. The van der Waals surface area contributed by atoms with Gasteiger partial charge in [0, 0.05) is 0 Å². The fourth-order valence-corrected chi connectivity index (χ4v) is 8.16. The topological polar surface area (TPSA) is 118 Å². The molecule has 3 N–H and O–H groups in total. The number of nitrogens with zero attached hydrogens (tertiary/aromatic N) is 4. The number of hydrogen-bond acceptors (Lipinski definition) is 8. The molecule has 4 atom stereocenters. The van der Waals surface area contributed by atoms with Crippen LogP contribution in [0.5, 0.6) is 0 Å². The Morgan fingerprint density at radius 1 is 0.579 bits per heavy atom. The van der Waals surface area contributed by atoms with Gasteiger partial charge >= 0.3 is 0 Å². The Bertz CT molecular complexity index is 2330. The van der Waals surface area contributed by atoms with Crippen molar-refractivity contribution in [2.75, 3.05) is 12.3 Å². The monoisotopic (exact) mass is 751 g/mol. The lowest BCUT2D eigenvalue weighted by atomic mass is 9.79. The zero-order valence-electron chi connectivity index (χ0n) is 31.0. The molecule has 57 heavy (non-hydrogen) atoms. The molecule has 1 saturated heterocycles. The number of rotatable bonds is 12. The van der Waals surface area contributed by atoms with Crippen LogP contribution in [-0.4, -0.2) is 49.5 Å². The zero-order chi connectivity index (χ0) is 38.7. The number of aromatic nitrogens is 4. The maximum atomic E-state index is 12.7. The van der Waals surface area contributed by atoms with Gasteiger partial charge in [0.25, 0.3) is 0 Å². The minimum absolute atomic E-state index is 0.0229. The smallest absolute Gasteiger partial charge is 0.222 e. The average molecular weight is 752 g/mol. The summed E-state index contributed by atoms with van der Waals surface area (Å²) in [6.07, 6.45) is -0.804. The number of aliphatic hydroxyl groups is 1. The molecular weight excluding hydrogens is 711 g/mol. The third-order valence-electron chi connectivity index (χ3n) is 10.8. The molecule has 6 aromatic carbocycles. The molecular formula is C48H41N5O4. The number of benzene rings is 6. The van der Waals surface area contributed by atoms with E-state index >= 15 is 0 Å². The molecule has 8 aromatic rings. The van der Waals surface area contributed by atoms with Crippen LogP contribution in [0.15, 0.2) is 195 Å². The molecule has 282 valence electrons. The van der Waals surface area contributed by atoms with Gasteiger partial charge in [-0.15, -0.1) is 0 Å². The third-order valence-corrected chi connectivity index (χ3v) is 10.8. The summed E-state index contributed by atoms with van der Waals surface area (Å²) in [5, 5.41) is 12.7. The second kappa shape index (κ2) is 15.6. The van der Waals surface area contributed by atoms with Crippen molar-refractivity contribution in [3.8, 4) is 0 Å². The van der Waals surface area contributed by atoms with Crippen LogP contribution in [0.3, 0.4) is 0 Å². The van der Waals surface area contributed by atoms with Crippen LogP contribution in [0.4, 0.5) is 5.95 Å². The minimum atomic E-state index is -1.22. The Morgan fingerprint density at radius 3 is 1.40 bits per heavy atom. The normalized spacial score (nSPS) is 18.5. The van der Waals surface area contributed by atoms with Gasteiger partial charge in [-0.05, 0) is 33.4 Å². The van der Waals surface area contributed by atoms with Crippen LogP contribution in [0.25, 0.3) is 11.2 Å². The highest BCUT2D eigenvalue weighted by molar-refractivity contribution is 5.70. The molecule has 9 nitrogen and oxygen atoms in total. The summed E-state index contributed by atoms with van der Waals surface area (Å²) in [4.78, 5) is 13.2. The van der Waals surface area contributed by atoms with Crippen molar-refractivity contribution in [1.82, 2.24) is 19.5 Å². The summed E-state index contributed by atoms with van der Waals surface area (Å²) in [6, 6.07) is 60.8. The van der Waals surface area contributed by atoms with Crippen molar-refractivity contribution in [3.05, 3.63) is 228 Å². The Balaban J connectivity index is 1.21. The summed E-state index contributed by atoms with van der Waals surface area (Å²) in [7, 11) is 0. The lowest BCUT2D eigenvalue weighted by Crippen LogP contribution is -2.46. The molecule has 2 aromatic heterocycles. The van der Waals surface area contributed by atoms with E-state index in [1.54, 1.807) is 17.1 Å². The molecule has 1 aliphatic heterocycles. The predicted octanol–water partition coefficient (Wildman–Crippen LogP) is 8.05. The van der Waals surface area contributed by atoms with Crippen LogP contribution in [0, 0.1) is 0 Å². The number of fused-ring (bicyclic) bond motifs is 1. The van der Waals surface area contributed by atoms with Crippen LogP contribution >= 0.6 is 0 Å². The Kier molecular flexibility index (Phi) is 9.88. The third kappa shape index (κ3) is 6.56. The number of nitrogen functional groups attached to an aromatic ring is 1. The van der Waals surface area contributed by atoms with Crippen LogP contribution in [0.2, 0.25) is 0 Å². The van der Waals surface area contributed by atoms with Crippen molar-refractivity contribution in [2.45, 2.75) is 35.7 Å². The summed E-state index contributed by atoms with van der Waals surface area (Å²) in [5.41, 5.74) is 10.3. The van der Waals surface area contributed by atoms with Crippen molar-refractivity contribution in [2.24, 2.45) is 0 Å². The summed E-state index contributed by atoms with van der Waals surface area (Å²) in [5.74, 6) is 0.0824. The van der Waals surface area contributed by atoms with Gasteiger partial charge in [0.1, 0.15) is 35.0 Å². The highest BCUT2D eigenvalue weighted by atomic mass is 16.6. The molecule has 9 rings (SSSR count). The van der Waals surface area contributed by atoms with E-state index in [2.05, 4.69) is 87.7 Å². The molecule has 0 spiro atoms. The lowest BCUT2D eigenvalue weighted by Gasteiger charge is -2.41. The molecule has 0 unspecified atom stereocenters. The quantitative estimate of drug-likeness (QED) is 0.121. The van der Waals surface area contributed by atoms with Crippen molar-refractivity contribution >= 4 is 17.1 Å². The van der Waals surface area contributed by atoms with Crippen LogP contribution in [-0.2, 0) is 25.4 Å². The lowest BCUT2D eigenvalue weighted by molar-refractivity contribution is -0.131. The maximum Gasteiger partial charge on any atom is 0.222 e. The van der Waals surface area contributed by atoms with Gasteiger partial charge in [-0.3, -0.25) is 4.57 Å². The molecule has 0 aliphatic carbocycles. The van der Waals surface area contributed by atoms with Gasteiger partial charge in [-0.25, -0.2) is 9.97 Å². The van der Waals surface area contributed by atoms with Crippen LogP contribution in [0.1, 0.15) is 39.6 Å². The summed E-state index contributed by atoms with van der Waals surface area (Å²) < 4.78 is 23.6. The first-order valence-electron chi connectivity index (χ1n) is 19.0. The Hall–Kier alpha value is -6.49. The molecule has 0 saturated carbocycles. The second-order valence-electron chi connectivity index (χ2n) is 14.1. The number of ether oxygens (including phenoxy) is 3. The number of imidazole rings is 1. The predicted molar refractivity (Wildman–Crippen MR) is 219 cm³/mol. The summed E-state index contributed by atoms with van der Waals surface area (Å²) >= 11 is 0. The van der Waals surface area contributed by atoms with E-state index in [-0.39, 0.29) is 12.6 Å². The number of hydrogen-bond donors (Lipinski definition) is 2. The molecule has 0 amide bonds. The van der Waals surface area contributed by atoms with Gasteiger partial charge in [0.2, 0.25) is 5.95 Å². The van der Waals surface area contributed by atoms with E-state index in [1.807, 2.05) is 109 Å².